The number of amidine groups is 1. The molecule has 0 aliphatic carbocycles. The second kappa shape index (κ2) is 9.49. The van der Waals surface area contributed by atoms with Crippen LogP contribution in [0.25, 0.3) is 10.1 Å². The van der Waals surface area contributed by atoms with E-state index in [2.05, 4.69) is 11.4 Å². The molecular formula is C24H27N3O3S. The predicted molar refractivity (Wildman–Crippen MR) is 124 cm³/mol. The van der Waals surface area contributed by atoms with Crippen LogP contribution in [0.5, 0.6) is 5.75 Å². The second-order valence-electron chi connectivity index (χ2n) is 7.69. The molecule has 1 unspecified atom stereocenters. The fourth-order valence-electron chi connectivity index (χ4n) is 3.85. The van der Waals surface area contributed by atoms with Gasteiger partial charge in [-0.25, -0.2) is 0 Å². The van der Waals surface area contributed by atoms with Crippen molar-refractivity contribution < 1.29 is 14.3 Å². The minimum absolute atomic E-state index is 0.0507. The summed E-state index contributed by atoms with van der Waals surface area (Å²) < 4.78 is 12.5. The molecule has 1 saturated heterocycles. The number of hydrogen-bond acceptors (Lipinski definition) is 6. The Kier molecular flexibility index (Phi) is 6.53. The van der Waals surface area contributed by atoms with Crippen molar-refractivity contribution in [2.75, 3.05) is 19.7 Å². The summed E-state index contributed by atoms with van der Waals surface area (Å²) in [5.41, 5.74) is 7.23. The van der Waals surface area contributed by atoms with Crippen molar-refractivity contribution in [3.63, 3.8) is 0 Å². The van der Waals surface area contributed by atoms with Crippen molar-refractivity contribution in [2.45, 2.75) is 31.8 Å². The third-order valence-electron chi connectivity index (χ3n) is 5.46. The fraction of sp³-hybridized carbons (Fsp3) is 0.333. The minimum Gasteiger partial charge on any atom is -0.489 e. The van der Waals surface area contributed by atoms with Crippen LogP contribution in [0, 0.1) is 5.41 Å². The van der Waals surface area contributed by atoms with Crippen LogP contribution in [0.1, 0.15) is 35.3 Å². The molecule has 2 atom stereocenters. The highest BCUT2D eigenvalue weighted by atomic mass is 32.1. The largest absolute Gasteiger partial charge is 0.489 e. The highest BCUT2D eigenvalue weighted by molar-refractivity contribution is 7.19. The third kappa shape index (κ3) is 5.06. The molecule has 0 radical (unpaired) electrons. The lowest BCUT2D eigenvalue weighted by atomic mass is 9.94. The van der Waals surface area contributed by atoms with Crippen molar-refractivity contribution in [1.82, 2.24) is 5.32 Å². The van der Waals surface area contributed by atoms with E-state index < -0.39 is 0 Å². The first-order valence-corrected chi connectivity index (χ1v) is 11.4. The number of carbonyl (C=O) groups is 1. The standard InChI is InChI=1S/C24H27N3O3S/c1-2-29-24(28)21(15-3-6-18(7-4-15)30-19-9-10-27-14-19)13-20-12-17-11-16(23(25)26)5-8-22(17)31-20/h3-8,11-12,19,21,27H,2,9-10,13-14H2,1H3,(H3,25,26)/t19-,21?/m0/s1. The van der Waals surface area contributed by atoms with E-state index in [-0.39, 0.29) is 23.8 Å². The number of nitrogens with one attached hydrogen (secondary N) is 2. The summed E-state index contributed by atoms with van der Waals surface area (Å²) in [6.07, 6.45) is 1.76. The van der Waals surface area contributed by atoms with E-state index in [9.17, 15) is 4.79 Å². The average molecular weight is 438 g/mol. The molecule has 6 nitrogen and oxygen atoms in total. The van der Waals surface area contributed by atoms with E-state index >= 15 is 0 Å². The van der Waals surface area contributed by atoms with Crippen LogP contribution >= 0.6 is 11.3 Å². The molecule has 4 N–H and O–H groups in total. The van der Waals surface area contributed by atoms with Crippen LogP contribution in [-0.4, -0.2) is 37.6 Å². The van der Waals surface area contributed by atoms with Crippen molar-refractivity contribution in [3.05, 3.63) is 64.5 Å². The van der Waals surface area contributed by atoms with Gasteiger partial charge in [0.05, 0.1) is 12.5 Å². The number of nitrogen functional groups attached to an aromatic ring is 1. The van der Waals surface area contributed by atoms with Crippen LogP contribution < -0.4 is 15.8 Å². The van der Waals surface area contributed by atoms with E-state index in [1.54, 1.807) is 11.3 Å². The van der Waals surface area contributed by atoms with Crippen molar-refractivity contribution >= 4 is 33.2 Å². The summed E-state index contributed by atoms with van der Waals surface area (Å²) in [7, 11) is 0. The molecule has 4 rings (SSSR count). The van der Waals surface area contributed by atoms with Gasteiger partial charge in [0.15, 0.2) is 0 Å². The molecule has 2 aromatic carbocycles. The van der Waals surface area contributed by atoms with Crippen molar-refractivity contribution in [1.29, 1.82) is 5.41 Å². The predicted octanol–water partition coefficient (Wildman–Crippen LogP) is 3.82. The average Bonchev–Trinajstić information content (AvgIpc) is 3.41. The lowest BCUT2D eigenvalue weighted by molar-refractivity contribution is -0.144. The fourth-order valence-corrected chi connectivity index (χ4v) is 4.94. The van der Waals surface area contributed by atoms with Gasteiger partial charge in [0.1, 0.15) is 17.7 Å². The number of carbonyl (C=O) groups excluding carboxylic acids is 1. The molecule has 0 amide bonds. The number of nitrogens with two attached hydrogens (primary N) is 1. The maximum absolute atomic E-state index is 12.8. The highest BCUT2D eigenvalue weighted by Gasteiger charge is 2.24. The van der Waals surface area contributed by atoms with Gasteiger partial charge in [0, 0.05) is 21.7 Å². The Morgan fingerprint density at radius 2 is 2.06 bits per heavy atom. The van der Waals surface area contributed by atoms with Crippen molar-refractivity contribution in [3.8, 4) is 5.75 Å². The summed E-state index contributed by atoms with van der Waals surface area (Å²) in [6.45, 7) is 4.02. The maximum atomic E-state index is 12.8. The molecule has 1 aliphatic heterocycles. The van der Waals surface area contributed by atoms with Crippen LogP contribution in [0.15, 0.2) is 48.5 Å². The SMILES string of the molecule is CCOC(=O)C(Cc1cc2cc(C(=N)N)ccc2s1)c1ccc(O[C@H]2CCNC2)cc1. The Balaban J connectivity index is 1.55. The Labute approximate surface area is 185 Å². The Bertz CT molecular complexity index is 1070. The van der Waals surface area contributed by atoms with Crippen LogP contribution in [-0.2, 0) is 16.0 Å². The first-order valence-electron chi connectivity index (χ1n) is 10.5. The Hall–Kier alpha value is -2.90. The molecule has 1 fully saturated rings. The van der Waals surface area contributed by atoms with Gasteiger partial charge in [0.25, 0.3) is 0 Å². The van der Waals surface area contributed by atoms with Gasteiger partial charge in [0.2, 0.25) is 0 Å². The number of hydrogen-bond donors (Lipinski definition) is 3. The van der Waals surface area contributed by atoms with Crippen LogP contribution in [0.4, 0.5) is 0 Å². The zero-order valence-corrected chi connectivity index (χ0v) is 18.3. The smallest absolute Gasteiger partial charge is 0.313 e. The summed E-state index contributed by atoms with van der Waals surface area (Å²) in [5, 5.41) is 12.0. The molecule has 0 bridgehead atoms. The van der Waals surface area contributed by atoms with Gasteiger partial charge >= 0.3 is 5.97 Å². The molecule has 31 heavy (non-hydrogen) atoms. The summed E-state index contributed by atoms with van der Waals surface area (Å²) in [4.78, 5) is 13.9. The molecule has 0 spiro atoms. The number of esters is 1. The molecular weight excluding hydrogens is 410 g/mol. The number of benzene rings is 2. The zero-order valence-electron chi connectivity index (χ0n) is 17.5. The van der Waals surface area contributed by atoms with E-state index in [0.29, 0.717) is 18.6 Å². The lowest BCUT2D eigenvalue weighted by Gasteiger charge is -2.17. The molecule has 1 aliphatic rings. The molecule has 162 valence electrons. The summed E-state index contributed by atoms with van der Waals surface area (Å²) >= 11 is 1.65. The molecule has 3 aromatic rings. The minimum atomic E-state index is -0.387. The van der Waals surface area contributed by atoms with Crippen LogP contribution in [0.2, 0.25) is 0 Å². The molecule has 2 heterocycles. The number of fused-ring (bicyclic) bond motifs is 1. The van der Waals surface area contributed by atoms with Gasteiger partial charge in [-0.3, -0.25) is 10.2 Å². The topological polar surface area (TPSA) is 97.4 Å². The Morgan fingerprint density at radius 1 is 1.26 bits per heavy atom. The quantitative estimate of drug-likeness (QED) is 0.283. The summed E-state index contributed by atoms with van der Waals surface area (Å²) in [5.74, 6) is 0.258. The number of rotatable bonds is 8. The molecule has 7 heteroatoms. The van der Waals surface area contributed by atoms with Gasteiger partial charge < -0.3 is 20.5 Å². The second-order valence-corrected chi connectivity index (χ2v) is 8.86. The monoisotopic (exact) mass is 437 g/mol. The van der Waals surface area contributed by atoms with E-state index in [1.165, 1.54) is 0 Å². The first kappa shape index (κ1) is 21.3. The zero-order chi connectivity index (χ0) is 21.8. The van der Waals surface area contributed by atoms with E-state index in [0.717, 1.165) is 45.8 Å². The van der Waals surface area contributed by atoms with Crippen LogP contribution in [0.3, 0.4) is 0 Å². The Morgan fingerprint density at radius 3 is 2.74 bits per heavy atom. The first-order chi connectivity index (χ1) is 15.0. The lowest BCUT2D eigenvalue weighted by Crippen LogP contribution is -2.20. The summed E-state index contributed by atoms with van der Waals surface area (Å²) in [6, 6.07) is 15.6. The number of ether oxygens (including phenoxy) is 2. The van der Waals surface area contributed by atoms with Gasteiger partial charge in [-0.05, 0) is 73.7 Å². The normalized spacial score (nSPS) is 16.9. The van der Waals surface area contributed by atoms with E-state index in [1.807, 2.05) is 49.4 Å². The molecule has 1 aromatic heterocycles. The number of thiophene rings is 1. The van der Waals surface area contributed by atoms with Crippen molar-refractivity contribution in [2.24, 2.45) is 5.73 Å². The maximum Gasteiger partial charge on any atom is 0.313 e. The molecule has 0 saturated carbocycles. The van der Waals surface area contributed by atoms with Gasteiger partial charge in [-0.2, -0.15) is 0 Å². The highest BCUT2D eigenvalue weighted by Crippen LogP contribution is 2.32. The van der Waals surface area contributed by atoms with E-state index in [4.69, 9.17) is 20.6 Å². The van der Waals surface area contributed by atoms with Gasteiger partial charge in [-0.1, -0.05) is 12.1 Å². The van der Waals surface area contributed by atoms with Gasteiger partial charge in [-0.15, -0.1) is 11.3 Å². The third-order valence-corrected chi connectivity index (χ3v) is 6.59.